The molecular weight excluding hydrogens is 651 g/mol. The first kappa shape index (κ1) is 27.6. The molecule has 0 atom stereocenters. The fraction of sp³-hybridized carbons (Fsp3) is 0.152. The maximum atomic E-state index is 4.93. The second-order valence-electron chi connectivity index (χ2n) is 10.4. The van der Waals surface area contributed by atoms with Crippen LogP contribution in [-0.4, -0.2) is 8.07 Å². The normalized spacial score (nSPS) is 11.9. The molecule has 6 heteroatoms. The van der Waals surface area contributed by atoms with E-state index in [1.54, 1.807) is 10.4 Å². The molecule has 0 aliphatic rings. The number of thiophene rings is 2. The van der Waals surface area contributed by atoms with E-state index < -0.39 is 28.9 Å². The monoisotopic (exact) mass is 676 g/mol. The van der Waals surface area contributed by atoms with Crippen molar-refractivity contribution in [2.45, 2.75) is 34.2 Å². The van der Waals surface area contributed by atoms with Gasteiger partial charge in [0.1, 0.15) is 0 Å². The Balaban J connectivity index is 0.000000883. The molecule has 0 amide bonds. The van der Waals surface area contributed by atoms with Gasteiger partial charge in [-0.1, -0.05) is 138 Å². The van der Waals surface area contributed by atoms with Gasteiger partial charge in [0.2, 0.25) is 0 Å². The van der Waals surface area contributed by atoms with Crippen LogP contribution in [0.5, 0.6) is 0 Å². The van der Waals surface area contributed by atoms with Gasteiger partial charge >= 0.3 is 37.9 Å². The molecule has 0 radical (unpaired) electrons. The SMILES string of the molecule is Cc1c(C)[c-]([Si](C)(c2ccccc2)[c-]2c(C)c(C)c3sc4ccccc4c32)c2c1sc1ccccc12.[Cl][Zr+2][Cl]. The Kier molecular flexibility index (Phi) is 7.59. The minimum atomic E-state index is -2.40. The molecule has 0 aliphatic heterocycles. The number of fused-ring (bicyclic) bond motifs is 6. The molecule has 0 bridgehead atoms. The average molecular weight is 679 g/mol. The van der Waals surface area contributed by atoms with Crippen LogP contribution in [-0.2, 0) is 20.8 Å². The van der Waals surface area contributed by atoms with Gasteiger partial charge in [0, 0.05) is 0 Å². The third-order valence-corrected chi connectivity index (χ3v) is 15.9. The van der Waals surface area contributed by atoms with Gasteiger partial charge in [-0.2, -0.15) is 0 Å². The summed E-state index contributed by atoms with van der Waals surface area (Å²) in [6.07, 6.45) is 0. The Bertz CT molecular complexity index is 1850. The van der Waals surface area contributed by atoms with E-state index in [2.05, 4.69) is 113 Å². The van der Waals surface area contributed by atoms with Crippen molar-refractivity contribution in [1.82, 2.24) is 0 Å². The molecular formula is C33H28Cl2S2SiZr. The molecule has 0 saturated carbocycles. The maximum absolute atomic E-state index is 4.93. The molecule has 0 fully saturated rings. The summed E-state index contributed by atoms with van der Waals surface area (Å²) in [6, 6.07) is 29.5. The van der Waals surface area contributed by atoms with Crippen molar-refractivity contribution in [3.63, 3.8) is 0 Å². The van der Waals surface area contributed by atoms with E-state index in [0.717, 1.165) is 0 Å². The zero-order chi connectivity index (χ0) is 27.5. The Morgan fingerprint density at radius 1 is 0.615 bits per heavy atom. The summed E-state index contributed by atoms with van der Waals surface area (Å²) >= 11 is 3.12. The van der Waals surface area contributed by atoms with Gasteiger partial charge in [-0.3, -0.25) is 0 Å². The molecule has 5 aromatic carbocycles. The van der Waals surface area contributed by atoms with E-state index in [4.69, 9.17) is 17.0 Å². The standard InChI is InChI=1S/C33H28S2Si.2ClH.Zr/c1-19-21(3)32(28-24-15-9-11-17-26(24)34-30(19)28)36(5,23-13-7-6-8-14-23)33-22(4)20(2)31-29(33)25-16-10-12-18-27(25)35-31;;;/h6-18H,1-5H3;2*1H;/q-2;;;+4/p-2. The molecule has 0 saturated heterocycles. The molecule has 0 nitrogen and oxygen atoms in total. The third-order valence-electron chi connectivity index (χ3n) is 8.60. The van der Waals surface area contributed by atoms with E-state index in [9.17, 15) is 0 Å². The van der Waals surface area contributed by atoms with Crippen molar-refractivity contribution in [1.29, 1.82) is 0 Å². The number of hydrogen-bond acceptors (Lipinski definition) is 2. The summed E-state index contributed by atoms with van der Waals surface area (Å²) in [5.41, 5.74) is 5.91. The van der Waals surface area contributed by atoms with Crippen LogP contribution in [0, 0.1) is 27.7 Å². The predicted octanol–water partition coefficient (Wildman–Crippen LogP) is 9.57. The van der Waals surface area contributed by atoms with Crippen LogP contribution in [0.1, 0.15) is 22.3 Å². The van der Waals surface area contributed by atoms with Crippen LogP contribution in [0.25, 0.3) is 40.3 Å². The van der Waals surface area contributed by atoms with Crippen molar-refractivity contribution >= 4 is 104 Å². The molecule has 2 heterocycles. The Morgan fingerprint density at radius 3 is 1.44 bits per heavy atom. The number of benzene rings is 3. The van der Waals surface area contributed by atoms with Crippen LogP contribution >= 0.6 is 39.7 Å². The zero-order valence-electron chi connectivity index (χ0n) is 22.6. The van der Waals surface area contributed by atoms with Crippen molar-refractivity contribution in [2.24, 2.45) is 0 Å². The zero-order valence-corrected chi connectivity index (χ0v) is 29.2. The molecule has 2 aromatic heterocycles. The summed E-state index contributed by atoms with van der Waals surface area (Å²) in [7, 11) is 7.47. The van der Waals surface area contributed by atoms with E-state index in [1.807, 2.05) is 22.7 Å². The summed E-state index contributed by atoms with van der Waals surface area (Å²) < 4.78 is 5.76. The topological polar surface area (TPSA) is 0 Å². The predicted molar refractivity (Wildman–Crippen MR) is 177 cm³/mol. The van der Waals surface area contributed by atoms with E-state index in [1.165, 1.54) is 67.8 Å². The van der Waals surface area contributed by atoms with Crippen molar-refractivity contribution in [3.05, 3.63) is 101 Å². The van der Waals surface area contributed by atoms with Gasteiger partial charge < -0.3 is 0 Å². The Labute approximate surface area is 257 Å². The molecule has 0 N–H and O–H groups in total. The summed E-state index contributed by atoms with van der Waals surface area (Å²) in [5.74, 6) is 0. The second-order valence-corrected chi connectivity index (χ2v) is 20.1. The van der Waals surface area contributed by atoms with Crippen molar-refractivity contribution < 1.29 is 20.8 Å². The molecule has 7 aromatic rings. The van der Waals surface area contributed by atoms with Gasteiger partial charge in [0.25, 0.3) is 0 Å². The molecule has 0 spiro atoms. The number of hydrogen-bond donors (Lipinski definition) is 0. The first-order valence-corrected chi connectivity index (χ1v) is 23.5. The fourth-order valence-electron chi connectivity index (χ4n) is 6.64. The van der Waals surface area contributed by atoms with Crippen molar-refractivity contribution in [2.75, 3.05) is 0 Å². The van der Waals surface area contributed by atoms with Gasteiger partial charge in [-0.15, -0.1) is 43.4 Å². The quantitative estimate of drug-likeness (QED) is 0.129. The Morgan fingerprint density at radius 2 is 1.00 bits per heavy atom. The average Bonchev–Trinajstić information content (AvgIpc) is 3.65. The first-order valence-electron chi connectivity index (χ1n) is 13.0. The summed E-state index contributed by atoms with van der Waals surface area (Å²) in [6.45, 7) is 12.1. The number of halogens is 2. The van der Waals surface area contributed by atoms with Crippen LogP contribution in [0.3, 0.4) is 0 Å². The van der Waals surface area contributed by atoms with E-state index in [-0.39, 0.29) is 0 Å². The van der Waals surface area contributed by atoms with Gasteiger partial charge in [0.15, 0.2) is 0 Å². The first-order chi connectivity index (χ1) is 18.8. The molecule has 7 rings (SSSR count). The van der Waals surface area contributed by atoms with E-state index >= 15 is 0 Å². The number of rotatable bonds is 3. The van der Waals surface area contributed by atoms with Crippen LogP contribution in [0.15, 0.2) is 78.9 Å². The molecule has 39 heavy (non-hydrogen) atoms. The van der Waals surface area contributed by atoms with Crippen LogP contribution in [0.4, 0.5) is 0 Å². The van der Waals surface area contributed by atoms with Crippen molar-refractivity contribution in [3.8, 4) is 0 Å². The Hall–Kier alpha value is -1.52. The van der Waals surface area contributed by atoms with E-state index in [0.29, 0.717) is 0 Å². The second kappa shape index (κ2) is 10.7. The summed E-state index contributed by atoms with van der Waals surface area (Å²) in [4.78, 5) is 0. The van der Waals surface area contributed by atoms with Gasteiger partial charge in [-0.05, 0) is 9.40 Å². The summed E-state index contributed by atoms with van der Waals surface area (Å²) in [5, 5.41) is 10.6. The molecule has 0 unspecified atom stereocenters. The van der Waals surface area contributed by atoms with Crippen LogP contribution in [0.2, 0.25) is 6.55 Å². The third kappa shape index (κ3) is 4.13. The fourth-order valence-corrected chi connectivity index (χ4v) is 14.4. The molecule has 194 valence electrons. The molecule has 0 aliphatic carbocycles. The van der Waals surface area contributed by atoms with Gasteiger partial charge in [0.05, 0.1) is 8.07 Å². The van der Waals surface area contributed by atoms with Gasteiger partial charge in [-0.25, -0.2) is 22.7 Å². The van der Waals surface area contributed by atoms with Crippen LogP contribution < -0.4 is 15.6 Å². The minimum absolute atomic E-state index is 0.826. The number of aryl methyl sites for hydroxylation is 2.